The number of rotatable bonds is 4. The van der Waals surface area contributed by atoms with E-state index in [1.165, 1.54) is 7.11 Å². The molecule has 0 aliphatic heterocycles. The summed E-state index contributed by atoms with van der Waals surface area (Å²) in [7, 11) is 1.52. The highest BCUT2D eigenvalue weighted by Gasteiger charge is 2.07. The Labute approximate surface area is 93.9 Å². The van der Waals surface area contributed by atoms with Gasteiger partial charge in [-0.05, 0) is 17.7 Å². The SMILES string of the molecule is COc1ccc(C=CCC#N)c(C(N)=O)c1. The van der Waals surface area contributed by atoms with E-state index >= 15 is 0 Å². The van der Waals surface area contributed by atoms with Crippen LogP contribution in [0.5, 0.6) is 5.75 Å². The fraction of sp³-hybridized carbons (Fsp3) is 0.167. The van der Waals surface area contributed by atoms with Crippen LogP contribution in [0.4, 0.5) is 0 Å². The molecule has 1 aromatic carbocycles. The van der Waals surface area contributed by atoms with Gasteiger partial charge in [0.15, 0.2) is 0 Å². The van der Waals surface area contributed by atoms with Gasteiger partial charge >= 0.3 is 0 Å². The Balaban J connectivity index is 3.09. The monoisotopic (exact) mass is 216 g/mol. The van der Waals surface area contributed by atoms with Crippen molar-refractivity contribution in [2.75, 3.05) is 7.11 Å². The number of ether oxygens (including phenoxy) is 1. The van der Waals surface area contributed by atoms with E-state index in [1.807, 2.05) is 6.07 Å². The summed E-state index contributed by atoms with van der Waals surface area (Å²) < 4.78 is 5.00. The average Bonchev–Trinajstić information content (AvgIpc) is 2.29. The minimum atomic E-state index is -0.518. The first-order valence-corrected chi connectivity index (χ1v) is 4.70. The maximum Gasteiger partial charge on any atom is 0.249 e. The van der Waals surface area contributed by atoms with Crippen molar-refractivity contribution < 1.29 is 9.53 Å². The van der Waals surface area contributed by atoms with Crippen LogP contribution < -0.4 is 10.5 Å². The third kappa shape index (κ3) is 2.85. The number of primary amides is 1. The lowest BCUT2D eigenvalue weighted by molar-refractivity contribution is 0.1000. The molecule has 0 fully saturated rings. The van der Waals surface area contributed by atoms with E-state index < -0.39 is 5.91 Å². The van der Waals surface area contributed by atoms with Crippen molar-refractivity contribution in [1.29, 1.82) is 5.26 Å². The number of carbonyl (C=O) groups is 1. The predicted molar refractivity (Wildman–Crippen MR) is 60.8 cm³/mol. The highest BCUT2D eigenvalue weighted by Crippen LogP contribution is 2.18. The first-order valence-electron chi connectivity index (χ1n) is 4.70. The van der Waals surface area contributed by atoms with E-state index in [4.69, 9.17) is 15.7 Å². The predicted octanol–water partition coefficient (Wildman–Crippen LogP) is 1.72. The highest BCUT2D eigenvalue weighted by molar-refractivity contribution is 5.97. The molecule has 0 aliphatic carbocycles. The second-order valence-corrected chi connectivity index (χ2v) is 3.08. The molecule has 0 heterocycles. The molecule has 0 bridgehead atoms. The number of nitrogens with two attached hydrogens (primary N) is 1. The Morgan fingerprint density at radius 1 is 1.62 bits per heavy atom. The lowest BCUT2D eigenvalue weighted by Gasteiger charge is -2.05. The summed E-state index contributed by atoms with van der Waals surface area (Å²) in [5, 5.41) is 8.39. The zero-order valence-corrected chi connectivity index (χ0v) is 8.93. The van der Waals surface area contributed by atoms with Gasteiger partial charge in [-0.2, -0.15) is 5.26 Å². The molecule has 1 amide bonds. The van der Waals surface area contributed by atoms with Crippen LogP contribution in [0.2, 0.25) is 0 Å². The van der Waals surface area contributed by atoms with Gasteiger partial charge < -0.3 is 10.5 Å². The second kappa shape index (κ2) is 5.56. The van der Waals surface area contributed by atoms with Gasteiger partial charge in [0.1, 0.15) is 5.75 Å². The van der Waals surface area contributed by atoms with Crippen molar-refractivity contribution in [2.24, 2.45) is 5.73 Å². The van der Waals surface area contributed by atoms with Gasteiger partial charge in [-0.25, -0.2) is 0 Å². The number of methoxy groups -OCH3 is 1. The van der Waals surface area contributed by atoms with Gasteiger partial charge in [0.25, 0.3) is 0 Å². The second-order valence-electron chi connectivity index (χ2n) is 3.08. The molecule has 0 unspecified atom stereocenters. The Hall–Kier alpha value is -2.28. The molecule has 4 heteroatoms. The topological polar surface area (TPSA) is 76.1 Å². The van der Waals surface area contributed by atoms with Crippen LogP contribution in [0.1, 0.15) is 22.3 Å². The smallest absolute Gasteiger partial charge is 0.249 e. The summed E-state index contributed by atoms with van der Waals surface area (Å²) >= 11 is 0. The fourth-order valence-corrected chi connectivity index (χ4v) is 1.26. The average molecular weight is 216 g/mol. The number of nitriles is 1. The molecule has 1 aromatic rings. The van der Waals surface area contributed by atoms with Crippen LogP contribution in [-0.2, 0) is 0 Å². The maximum absolute atomic E-state index is 11.2. The quantitative estimate of drug-likeness (QED) is 0.832. The molecular formula is C12H12N2O2. The summed E-state index contributed by atoms with van der Waals surface area (Å²) in [5.74, 6) is 0.0572. The van der Waals surface area contributed by atoms with E-state index in [9.17, 15) is 4.79 Å². The largest absolute Gasteiger partial charge is 0.497 e. The molecule has 16 heavy (non-hydrogen) atoms. The number of carbonyl (C=O) groups excluding carboxylic acids is 1. The number of hydrogen-bond donors (Lipinski definition) is 1. The molecule has 1 rings (SSSR count). The van der Waals surface area contributed by atoms with Crippen molar-refractivity contribution >= 4 is 12.0 Å². The van der Waals surface area contributed by atoms with Gasteiger partial charge in [-0.15, -0.1) is 0 Å². The van der Waals surface area contributed by atoms with Crippen molar-refractivity contribution in [3.63, 3.8) is 0 Å². The maximum atomic E-state index is 11.2. The van der Waals surface area contributed by atoms with E-state index in [1.54, 1.807) is 30.4 Å². The molecule has 0 aromatic heterocycles. The molecule has 0 saturated carbocycles. The van der Waals surface area contributed by atoms with Crippen molar-refractivity contribution in [2.45, 2.75) is 6.42 Å². The molecule has 0 spiro atoms. The molecule has 0 atom stereocenters. The molecule has 2 N–H and O–H groups in total. The van der Waals surface area contributed by atoms with Crippen LogP contribution in [-0.4, -0.2) is 13.0 Å². The summed E-state index contributed by atoms with van der Waals surface area (Å²) in [6.45, 7) is 0. The first-order chi connectivity index (χ1) is 7.69. The van der Waals surface area contributed by atoms with Gasteiger partial charge in [0, 0.05) is 5.56 Å². The first kappa shape index (κ1) is 11.8. The highest BCUT2D eigenvalue weighted by atomic mass is 16.5. The summed E-state index contributed by atoms with van der Waals surface area (Å²) in [4.78, 5) is 11.2. The van der Waals surface area contributed by atoms with E-state index in [0.717, 1.165) is 0 Å². The molecule has 0 saturated heterocycles. The van der Waals surface area contributed by atoms with Gasteiger partial charge in [-0.1, -0.05) is 18.2 Å². The van der Waals surface area contributed by atoms with E-state index in [2.05, 4.69) is 0 Å². The number of benzene rings is 1. The minimum absolute atomic E-state index is 0.296. The summed E-state index contributed by atoms with van der Waals surface area (Å²) in [6.07, 6.45) is 3.67. The Morgan fingerprint density at radius 2 is 2.38 bits per heavy atom. The summed E-state index contributed by atoms with van der Waals surface area (Å²) in [6, 6.07) is 7.02. The molecule has 0 radical (unpaired) electrons. The Bertz CT molecular complexity index is 459. The van der Waals surface area contributed by atoms with Crippen molar-refractivity contribution in [1.82, 2.24) is 0 Å². The fourth-order valence-electron chi connectivity index (χ4n) is 1.26. The molecule has 0 aliphatic rings. The molecular weight excluding hydrogens is 204 g/mol. The summed E-state index contributed by atoms with van der Waals surface area (Å²) in [5.41, 5.74) is 6.32. The Kier molecular flexibility index (Phi) is 4.10. The van der Waals surface area contributed by atoms with Gasteiger partial charge in [0.2, 0.25) is 5.91 Å². The lowest BCUT2D eigenvalue weighted by Crippen LogP contribution is -2.12. The van der Waals surface area contributed by atoms with E-state index in [-0.39, 0.29) is 0 Å². The zero-order valence-electron chi connectivity index (χ0n) is 8.93. The number of nitrogens with zero attached hydrogens (tertiary/aromatic N) is 1. The van der Waals surface area contributed by atoms with E-state index in [0.29, 0.717) is 23.3 Å². The van der Waals surface area contributed by atoms with Crippen molar-refractivity contribution in [3.8, 4) is 11.8 Å². The standard InChI is InChI=1S/C12H12N2O2/c1-16-10-6-5-9(4-2-3-7-13)11(8-10)12(14)15/h2,4-6,8H,3H2,1H3,(H2,14,15). The van der Waals surface area contributed by atoms with Crippen LogP contribution in [0.3, 0.4) is 0 Å². The van der Waals surface area contributed by atoms with Crippen LogP contribution in [0, 0.1) is 11.3 Å². The molecule has 82 valence electrons. The lowest BCUT2D eigenvalue weighted by atomic mass is 10.1. The van der Waals surface area contributed by atoms with Crippen LogP contribution in [0.15, 0.2) is 24.3 Å². The Morgan fingerprint density at radius 3 is 2.94 bits per heavy atom. The van der Waals surface area contributed by atoms with Crippen LogP contribution >= 0.6 is 0 Å². The van der Waals surface area contributed by atoms with Crippen LogP contribution in [0.25, 0.3) is 6.08 Å². The molecule has 4 nitrogen and oxygen atoms in total. The third-order valence-corrected chi connectivity index (χ3v) is 2.03. The number of amides is 1. The van der Waals surface area contributed by atoms with Crippen molar-refractivity contribution in [3.05, 3.63) is 35.4 Å². The minimum Gasteiger partial charge on any atom is -0.497 e. The zero-order chi connectivity index (χ0) is 12.0. The van der Waals surface area contributed by atoms with Gasteiger partial charge in [-0.3, -0.25) is 4.79 Å². The van der Waals surface area contributed by atoms with Gasteiger partial charge in [0.05, 0.1) is 19.6 Å². The normalized spacial score (nSPS) is 10.0. The number of allylic oxidation sites excluding steroid dienone is 1. The number of hydrogen-bond acceptors (Lipinski definition) is 3. The third-order valence-electron chi connectivity index (χ3n) is 2.03.